The molecule has 4 aromatic rings. The molecule has 0 radical (unpaired) electrons. The minimum atomic E-state index is -0.617. The molecular weight excluding hydrogens is 487 g/mol. The highest BCUT2D eigenvalue weighted by Gasteiger charge is 2.59. The summed E-state index contributed by atoms with van der Waals surface area (Å²) in [6.07, 6.45) is 4.70. The molecule has 1 aromatic carbocycles. The van der Waals surface area contributed by atoms with Crippen LogP contribution in [0.2, 0.25) is 0 Å². The summed E-state index contributed by atoms with van der Waals surface area (Å²) in [7, 11) is 0. The highest BCUT2D eigenvalue weighted by atomic mass is 19.1. The summed E-state index contributed by atoms with van der Waals surface area (Å²) >= 11 is 0. The predicted octanol–water partition coefficient (Wildman–Crippen LogP) is 2.79. The third-order valence-corrected chi connectivity index (χ3v) is 7.08. The summed E-state index contributed by atoms with van der Waals surface area (Å²) in [5.41, 5.74) is 14.4. The van der Waals surface area contributed by atoms with Crippen molar-refractivity contribution in [1.29, 1.82) is 0 Å². The number of nitrogen functional groups attached to an aromatic ring is 1. The number of hydrogen-bond acceptors (Lipinski definition) is 8. The Bertz CT molecular complexity index is 1490. The van der Waals surface area contributed by atoms with Crippen LogP contribution in [0.4, 0.5) is 10.2 Å². The number of likely N-dealkylation sites (tertiary alicyclic amines) is 1. The first-order chi connectivity index (χ1) is 18.2. The van der Waals surface area contributed by atoms with E-state index < -0.39 is 5.54 Å². The third-order valence-electron chi connectivity index (χ3n) is 7.08. The minimum absolute atomic E-state index is 0.0541. The van der Waals surface area contributed by atoms with Crippen molar-refractivity contribution in [3.8, 4) is 23.1 Å². The number of piperidine rings is 1. The summed E-state index contributed by atoms with van der Waals surface area (Å²) in [5, 5.41) is 4.20. The molecule has 2 unspecified atom stereocenters. The van der Waals surface area contributed by atoms with Gasteiger partial charge in [0.1, 0.15) is 17.5 Å². The van der Waals surface area contributed by atoms with Gasteiger partial charge in [0.15, 0.2) is 5.82 Å². The van der Waals surface area contributed by atoms with Gasteiger partial charge in [-0.15, -0.1) is 5.10 Å². The number of amides is 1. The SMILES string of the molecule is CC(C)(N)c1cc(OC2C3CN(C(=O)c4cn(-c5ncccn5)nc4N)CC32)nc(-c2ccc(F)cc2)c1. The lowest BCUT2D eigenvalue weighted by Crippen LogP contribution is -2.33. The number of nitrogens with zero attached hydrogens (tertiary/aromatic N) is 6. The van der Waals surface area contributed by atoms with Crippen LogP contribution < -0.4 is 16.2 Å². The zero-order chi connectivity index (χ0) is 26.6. The first-order valence-corrected chi connectivity index (χ1v) is 12.3. The first kappa shape index (κ1) is 24.0. The van der Waals surface area contributed by atoms with Crippen molar-refractivity contribution in [1.82, 2.24) is 29.6 Å². The predicted molar refractivity (Wildman–Crippen MR) is 138 cm³/mol. The Hall–Kier alpha value is -4.38. The van der Waals surface area contributed by atoms with E-state index in [0.29, 0.717) is 36.2 Å². The largest absolute Gasteiger partial charge is 0.474 e. The molecule has 1 saturated carbocycles. The Morgan fingerprint density at radius 3 is 2.45 bits per heavy atom. The molecule has 2 aliphatic rings. The zero-order valence-electron chi connectivity index (χ0n) is 21.0. The zero-order valence-corrected chi connectivity index (χ0v) is 21.0. The summed E-state index contributed by atoms with van der Waals surface area (Å²) in [4.78, 5) is 27.9. The van der Waals surface area contributed by atoms with E-state index in [-0.39, 0.29) is 35.5 Å². The molecule has 1 saturated heterocycles. The van der Waals surface area contributed by atoms with Crippen LogP contribution in [0.15, 0.2) is 61.1 Å². The van der Waals surface area contributed by atoms with Crippen LogP contribution in [0.25, 0.3) is 17.2 Å². The second-order valence-electron chi connectivity index (χ2n) is 10.3. The van der Waals surface area contributed by atoms with E-state index in [9.17, 15) is 9.18 Å². The number of benzene rings is 1. The highest BCUT2D eigenvalue weighted by Crippen LogP contribution is 2.48. The second kappa shape index (κ2) is 8.88. The van der Waals surface area contributed by atoms with Crippen LogP contribution in [0.1, 0.15) is 29.8 Å². The molecule has 0 spiro atoms. The maximum atomic E-state index is 13.4. The van der Waals surface area contributed by atoms with Crippen molar-refractivity contribution in [2.45, 2.75) is 25.5 Å². The van der Waals surface area contributed by atoms with Gasteiger partial charge in [0.2, 0.25) is 5.88 Å². The minimum Gasteiger partial charge on any atom is -0.474 e. The van der Waals surface area contributed by atoms with E-state index in [1.54, 1.807) is 41.7 Å². The summed E-state index contributed by atoms with van der Waals surface area (Å²) in [5.74, 6) is 0.829. The molecule has 38 heavy (non-hydrogen) atoms. The van der Waals surface area contributed by atoms with Gasteiger partial charge in [0.05, 0.1) is 5.69 Å². The van der Waals surface area contributed by atoms with Crippen molar-refractivity contribution in [3.63, 3.8) is 0 Å². The molecule has 0 bridgehead atoms. The number of halogens is 1. The molecule has 2 fully saturated rings. The molecule has 194 valence electrons. The standard InChI is InChI=1S/C27H27FN8O2/c1-27(2,30)16-10-21(15-4-6-17(28)7-5-15)33-22(11-16)38-23-18-12-35(13-19(18)23)25(37)20-14-36(34-24(20)29)26-31-8-3-9-32-26/h3-11,14,18-19,23H,12-13,30H2,1-2H3,(H2,29,34). The molecule has 6 rings (SSSR count). The third kappa shape index (κ3) is 4.45. The van der Waals surface area contributed by atoms with Crippen molar-refractivity contribution in [3.05, 3.63) is 78.0 Å². The number of fused-ring (bicyclic) bond motifs is 1. The van der Waals surface area contributed by atoms with E-state index >= 15 is 0 Å². The molecule has 4 N–H and O–H groups in total. The summed E-state index contributed by atoms with van der Waals surface area (Å²) in [6.45, 7) is 4.92. The molecule has 4 heterocycles. The molecule has 1 aliphatic carbocycles. The van der Waals surface area contributed by atoms with Gasteiger partial charge in [-0.05, 0) is 55.8 Å². The van der Waals surface area contributed by atoms with Crippen molar-refractivity contribution in [2.24, 2.45) is 17.6 Å². The van der Waals surface area contributed by atoms with Gasteiger partial charge >= 0.3 is 0 Å². The lowest BCUT2D eigenvalue weighted by atomic mass is 9.95. The highest BCUT2D eigenvalue weighted by molar-refractivity contribution is 5.98. The van der Waals surface area contributed by atoms with Gasteiger partial charge in [0, 0.05) is 60.7 Å². The van der Waals surface area contributed by atoms with Crippen LogP contribution in [0.3, 0.4) is 0 Å². The number of carbonyl (C=O) groups excluding carboxylic acids is 1. The Labute approximate surface area is 218 Å². The van der Waals surface area contributed by atoms with Crippen LogP contribution in [-0.4, -0.2) is 54.7 Å². The average Bonchev–Trinajstić information content (AvgIpc) is 3.22. The fourth-order valence-electron chi connectivity index (χ4n) is 4.89. The number of pyridine rings is 1. The molecule has 3 aromatic heterocycles. The summed E-state index contributed by atoms with van der Waals surface area (Å²) in [6, 6.07) is 11.6. The van der Waals surface area contributed by atoms with Crippen molar-refractivity contribution < 1.29 is 13.9 Å². The van der Waals surface area contributed by atoms with E-state index in [2.05, 4.69) is 20.1 Å². The fourth-order valence-corrected chi connectivity index (χ4v) is 4.89. The molecule has 1 amide bonds. The molecule has 11 heteroatoms. The van der Waals surface area contributed by atoms with E-state index in [1.807, 2.05) is 26.0 Å². The van der Waals surface area contributed by atoms with Crippen LogP contribution in [0.5, 0.6) is 5.88 Å². The lowest BCUT2D eigenvalue weighted by molar-refractivity contribution is 0.0752. The van der Waals surface area contributed by atoms with Crippen LogP contribution in [0, 0.1) is 17.7 Å². The van der Waals surface area contributed by atoms with Crippen LogP contribution in [-0.2, 0) is 5.54 Å². The molecular formula is C27H27FN8O2. The van der Waals surface area contributed by atoms with Gasteiger partial charge in [-0.1, -0.05) is 0 Å². The smallest absolute Gasteiger partial charge is 0.259 e. The van der Waals surface area contributed by atoms with Gasteiger partial charge in [0.25, 0.3) is 11.9 Å². The number of carbonyl (C=O) groups is 1. The number of nitrogens with two attached hydrogens (primary N) is 2. The monoisotopic (exact) mass is 514 g/mol. The number of rotatable bonds is 6. The van der Waals surface area contributed by atoms with E-state index in [4.69, 9.17) is 16.2 Å². The topological polar surface area (TPSA) is 138 Å². The average molecular weight is 515 g/mol. The Kier molecular flexibility index (Phi) is 5.60. The number of anilines is 1. The van der Waals surface area contributed by atoms with Gasteiger partial charge < -0.3 is 21.1 Å². The Balaban J connectivity index is 1.16. The van der Waals surface area contributed by atoms with Gasteiger partial charge in [-0.3, -0.25) is 4.79 Å². The van der Waals surface area contributed by atoms with Gasteiger partial charge in [-0.2, -0.15) is 0 Å². The van der Waals surface area contributed by atoms with Crippen LogP contribution >= 0.6 is 0 Å². The number of hydrogen-bond donors (Lipinski definition) is 2. The summed E-state index contributed by atoms with van der Waals surface area (Å²) < 4.78 is 21.2. The van der Waals surface area contributed by atoms with E-state index in [1.165, 1.54) is 16.8 Å². The Morgan fingerprint density at radius 2 is 1.79 bits per heavy atom. The number of ether oxygens (including phenoxy) is 1. The first-order valence-electron chi connectivity index (χ1n) is 12.3. The molecule has 10 nitrogen and oxygen atoms in total. The Morgan fingerprint density at radius 1 is 1.11 bits per heavy atom. The quantitative estimate of drug-likeness (QED) is 0.401. The molecule has 2 atom stereocenters. The molecule has 1 aliphatic heterocycles. The van der Waals surface area contributed by atoms with Crippen molar-refractivity contribution >= 4 is 11.7 Å². The number of aromatic nitrogens is 5. The van der Waals surface area contributed by atoms with Crippen molar-refractivity contribution in [2.75, 3.05) is 18.8 Å². The fraction of sp³-hybridized carbons (Fsp3) is 0.296. The lowest BCUT2D eigenvalue weighted by Gasteiger charge is -2.22. The normalized spacial score (nSPS) is 20.3. The second-order valence-corrected chi connectivity index (χ2v) is 10.3. The maximum Gasteiger partial charge on any atom is 0.259 e. The van der Waals surface area contributed by atoms with Gasteiger partial charge in [-0.25, -0.2) is 24.0 Å². The maximum absolute atomic E-state index is 13.4. The van der Waals surface area contributed by atoms with E-state index in [0.717, 1.165) is 11.1 Å².